The Morgan fingerprint density at radius 2 is 2.14 bits per heavy atom. The molecule has 0 heterocycles. The van der Waals surface area contributed by atoms with E-state index in [9.17, 15) is 5.11 Å². The zero-order valence-electron chi connectivity index (χ0n) is 8.02. The fourth-order valence-electron chi connectivity index (χ4n) is 1.60. The van der Waals surface area contributed by atoms with Gasteiger partial charge in [-0.25, -0.2) is 0 Å². The van der Waals surface area contributed by atoms with Crippen LogP contribution in [0.15, 0.2) is 36.4 Å². The van der Waals surface area contributed by atoms with E-state index in [0.717, 1.165) is 19.3 Å². The molecule has 14 heavy (non-hydrogen) atoms. The van der Waals surface area contributed by atoms with Crippen LogP contribution in [0.1, 0.15) is 19.3 Å². The zero-order valence-corrected chi connectivity index (χ0v) is 8.02. The maximum atomic E-state index is 9.49. The molecule has 2 rings (SSSR count). The molecule has 2 heteroatoms. The third-order valence-electron chi connectivity index (χ3n) is 2.35. The Morgan fingerprint density at radius 3 is 2.86 bits per heavy atom. The first-order chi connectivity index (χ1) is 6.86. The number of hydrogen-bond donors (Lipinski definition) is 1. The van der Waals surface area contributed by atoms with Crippen molar-refractivity contribution >= 4 is 0 Å². The number of aromatic hydroxyl groups is 1. The van der Waals surface area contributed by atoms with Crippen LogP contribution in [0.2, 0.25) is 0 Å². The molecule has 74 valence electrons. The Kier molecular flexibility index (Phi) is 2.73. The van der Waals surface area contributed by atoms with Gasteiger partial charge in [-0.05, 0) is 37.5 Å². The van der Waals surface area contributed by atoms with Crippen molar-refractivity contribution in [3.05, 3.63) is 36.4 Å². The Morgan fingerprint density at radius 1 is 1.29 bits per heavy atom. The van der Waals surface area contributed by atoms with Crippen LogP contribution in [0.4, 0.5) is 0 Å². The third kappa shape index (κ3) is 2.08. The first-order valence-electron chi connectivity index (χ1n) is 4.97. The van der Waals surface area contributed by atoms with Crippen molar-refractivity contribution in [3.63, 3.8) is 0 Å². The lowest BCUT2D eigenvalue weighted by Gasteiger charge is -2.18. The maximum Gasteiger partial charge on any atom is 0.161 e. The van der Waals surface area contributed by atoms with Crippen LogP contribution in [0.25, 0.3) is 0 Å². The van der Waals surface area contributed by atoms with Gasteiger partial charge in [-0.15, -0.1) is 0 Å². The molecular formula is C12H14O2. The Bertz CT molecular complexity index is 331. The summed E-state index contributed by atoms with van der Waals surface area (Å²) in [5.74, 6) is 0.788. The predicted octanol–water partition coefficient (Wildman–Crippen LogP) is 2.88. The number of allylic oxidation sites excluding steroid dienone is 1. The molecule has 0 aliphatic heterocycles. The van der Waals surface area contributed by atoms with E-state index in [1.165, 1.54) is 0 Å². The van der Waals surface area contributed by atoms with Crippen molar-refractivity contribution in [2.24, 2.45) is 0 Å². The van der Waals surface area contributed by atoms with Crippen LogP contribution < -0.4 is 4.74 Å². The van der Waals surface area contributed by atoms with Gasteiger partial charge in [0.25, 0.3) is 0 Å². The fourth-order valence-corrected chi connectivity index (χ4v) is 1.60. The number of ether oxygens (including phenoxy) is 1. The molecule has 0 saturated carbocycles. The minimum Gasteiger partial charge on any atom is -0.504 e. The van der Waals surface area contributed by atoms with Crippen molar-refractivity contribution in [1.82, 2.24) is 0 Å². The highest BCUT2D eigenvalue weighted by Crippen LogP contribution is 2.27. The van der Waals surface area contributed by atoms with E-state index in [-0.39, 0.29) is 11.9 Å². The fraction of sp³-hybridized carbons (Fsp3) is 0.333. The minimum atomic E-state index is 0.122. The molecule has 1 aliphatic carbocycles. The van der Waals surface area contributed by atoms with Gasteiger partial charge in [0.15, 0.2) is 11.5 Å². The summed E-state index contributed by atoms with van der Waals surface area (Å²) in [5, 5.41) is 9.49. The zero-order chi connectivity index (χ0) is 9.80. The summed E-state index contributed by atoms with van der Waals surface area (Å²) in [6.45, 7) is 0. The molecule has 0 fully saturated rings. The van der Waals surface area contributed by atoms with Crippen LogP contribution in [0.5, 0.6) is 11.5 Å². The molecule has 2 nitrogen and oxygen atoms in total. The maximum absolute atomic E-state index is 9.49. The number of hydrogen-bond acceptors (Lipinski definition) is 2. The van der Waals surface area contributed by atoms with Gasteiger partial charge in [0.2, 0.25) is 0 Å². The summed E-state index contributed by atoms with van der Waals surface area (Å²) < 4.78 is 5.65. The molecule has 1 unspecified atom stereocenters. The Labute approximate surface area is 83.8 Å². The first kappa shape index (κ1) is 9.13. The van der Waals surface area contributed by atoms with Gasteiger partial charge in [-0.3, -0.25) is 0 Å². The highest BCUT2D eigenvalue weighted by Gasteiger charge is 2.11. The van der Waals surface area contributed by atoms with Gasteiger partial charge in [0, 0.05) is 0 Å². The standard InChI is InChI=1S/C12H14O2/c13-11-8-4-5-9-12(11)14-10-6-2-1-3-7-10/h2,4-6,8-10,13H,1,3,7H2. The molecule has 0 bridgehead atoms. The Hall–Kier alpha value is -1.44. The molecule has 1 aromatic rings. The van der Waals surface area contributed by atoms with E-state index in [2.05, 4.69) is 12.2 Å². The second-order valence-electron chi connectivity index (χ2n) is 3.48. The van der Waals surface area contributed by atoms with Gasteiger partial charge < -0.3 is 9.84 Å². The lowest BCUT2D eigenvalue weighted by molar-refractivity contribution is 0.221. The Balaban J connectivity index is 2.06. The first-order valence-corrected chi connectivity index (χ1v) is 4.97. The summed E-state index contributed by atoms with van der Waals surface area (Å²) >= 11 is 0. The van der Waals surface area contributed by atoms with Crippen molar-refractivity contribution < 1.29 is 9.84 Å². The van der Waals surface area contributed by atoms with E-state index in [1.54, 1.807) is 18.2 Å². The van der Waals surface area contributed by atoms with Gasteiger partial charge in [-0.2, -0.15) is 0 Å². The summed E-state index contributed by atoms with van der Waals surface area (Å²) in [6.07, 6.45) is 7.65. The van der Waals surface area contributed by atoms with Gasteiger partial charge >= 0.3 is 0 Å². The molecule has 0 spiro atoms. The number of phenolic OH excluding ortho intramolecular Hbond substituents is 1. The lowest BCUT2D eigenvalue weighted by Crippen LogP contribution is -2.15. The van der Waals surface area contributed by atoms with Gasteiger partial charge in [-0.1, -0.05) is 18.2 Å². The number of para-hydroxylation sites is 2. The topological polar surface area (TPSA) is 29.5 Å². The van der Waals surface area contributed by atoms with E-state index in [0.29, 0.717) is 5.75 Å². The molecule has 1 atom stereocenters. The molecule has 1 aliphatic rings. The van der Waals surface area contributed by atoms with Gasteiger partial charge in [0.05, 0.1) is 0 Å². The molecule has 0 radical (unpaired) electrons. The van der Waals surface area contributed by atoms with E-state index in [4.69, 9.17) is 4.74 Å². The third-order valence-corrected chi connectivity index (χ3v) is 2.35. The number of benzene rings is 1. The SMILES string of the molecule is Oc1ccccc1OC1C=CCCC1. The summed E-state index contributed by atoms with van der Waals surface area (Å²) in [5.41, 5.74) is 0. The summed E-state index contributed by atoms with van der Waals surface area (Å²) in [7, 11) is 0. The summed E-state index contributed by atoms with van der Waals surface area (Å²) in [4.78, 5) is 0. The highest BCUT2D eigenvalue weighted by molar-refractivity contribution is 5.38. The molecule has 1 aromatic carbocycles. The van der Waals surface area contributed by atoms with Crippen LogP contribution in [0, 0.1) is 0 Å². The van der Waals surface area contributed by atoms with E-state index < -0.39 is 0 Å². The molecule has 0 saturated heterocycles. The van der Waals surface area contributed by atoms with Crippen LogP contribution >= 0.6 is 0 Å². The molecule has 0 aromatic heterocycles. The van der Waals surface area contributed by atoms with Crippen molar-refractivity contribution in [1.29, 1.82) is 0 Å². The van der Waals surface area contributed by atoms with E-state index >= 15 is 0 Å². The lowest BCUT2D eigenvalue weighted by atomic mass is 10.1. The summed E-state index contributed by atoms with van der Waals surface area (Å²) in [6, 6.07) is 7.08. The second-order valence-corrected chi connectivity index (χ2v) is 3.48. The van der Waals surface area contributed by atoms with Crippen LogP contribution in [0.3, 0.4) is 0 Å². The molecule has 0 amide bonds. The average Bonchev–Trinajstić information content (AvgIpc) is 2.23. The average molecular weight is 190 g/mol. The molecular weight excluding hydrogens is 176 g/mol. The van der Waals surface area contributed by atoms with Gasteiger partial charge in [0.1, 0.15) is 6.10 Å². The second kappa shape index (κ2) is 4.18. The normalized spacial score (nSPS) is 20.7. The van der Waals surface area contributed by atoms with Crippen molar-refractivity contribution in [2.75, 3.05) is 0 Å². The van der Waals surface area contributed by atoms with E-state index in [1.807, 2.05) is 6.07 Å². The van der Waals surface area contributed by atoms with Crippen LogP contribution in [-0.2, 0) is 0 Å². The smallest absolute Gasteiger partial charge is 0.161 e. The van der Waals surface area contributed by atoms with Crippen molar-refractivity contribution in [3.8, 4) is 11.5 Å². The monoisotopic (exact) mass is 190 g/mol. The number of phenols is 1. The number of rotatable bonds is 2. The van der Waals surface area contributed by atoms with Crippen molar-refractivity contribution in [2.45, 2.75) is 25.4 Å². The molecule has 1 N–H and O–H groups in total. The minimum absolute atomic E-state index is 0.122. The highest BCUT2D eigenvalue weighted by atomic mass is 16.5. The largest absolute Gasteiger partial charge is 0.504 e. The predicted molar refractivity (Wildman–Crippen MR) is 55.5 cm³/mol. The quantitative estimate of drug-likeness (QED) is 0.726. The van der Waals surface area contributed by atoms with Crippen LogP contribution in [-0.4, -0.2) is 11.2 Å².